The van der Waals surface area contributed by atoms with Gasteiger partial charge in [0.1, 0.15) is 5.82 Å². The van der Waals surface area contributed by atoms with E-state index in [9.17, 15) is 9.59 Å². The SMILES string of the molecule is Cc1nn(C)c(N2CCC(C)(C(N)=O)C2)c1C=O. The van der Waals surface area contributed by atoms with Gasteiger partial charge in [-0.3, -0.25) is 14.3 Å². The molecule has 1 unspecified atom stereocenters. The minimum Gasteiger partial charge on any atom is -0.369 e. The first-order valence-corrected chi connectivity index (χ1v) is 5.92. The van der Waals surface area contributed by atoms with Crippen LogP contribution in [0, 0.1) is 12.3 Å². The van der Waals surface area contributed by atoms with Gasteiger partial charge in [0.05, 0.1) is 16.7 Å². The summed E-state index contributed by atoms with van der Waals surface area (Å²) in [6.45, 7) is 4.90. The van der Waals surface area contributed by atoms with Crippen LogP contribution < -0.4 is 10.6 Å². The van der Waals surface area contributed by atoms with E-state index in [0.29, 0.717) is 30.8 Å². The molecular weight excluding hydrogens is 232 g/mol. The lowest BCUT2D eigenvalue weighted by Gasteiger charge is -2.22. The molecule has 1 atom stereocenters. The first kappa shape index (κ1) is 12.6. The zero-order valence-electron chi connectivity index (χ0n) is 10.9. The highest BCUT2D eigenvalue weighted by Gasteiger charge is 2.40. The molecule has 98 valence electrons. The lowest BCUT2D eigenvalue weighted by atomic mass is 9.89. The molecule has 6 heteroatoms. The second-order valence-electron chi connectivity index (χ2n) is 5.16. The van der Waals surface area contributed by atoms with Gasteiger partial charge in [0.2, 0.25) is 5.91 Å². The van der Waals surface area contributed by atoms with Crippen LogP contribution in [0.25, 0.3) is 0 Å². The van der Waals surface area contributed by atoms with Crippen LogP contribution in [0.2, 0.25) is 0 Å². The summed E-state index contributed by atoms with van der Waals surface area (Å²) >= 11 is 0. The number of aromatic nitrogens is 2. The molecular formula is C12H18N4O2. The fourth-order valence-corrected chi connectivity index (χ4v) is 2.52. The summed E-state index contributed by atoms with van der Waals surface area (Å²) in [4.78, 5) is 24.6. The Morgan fingerprint density at radius 2 is 2.22 bits per heavy atom. The van der Waals surface area contributed by atoms with Crippen LogP contribution in [0.15, 0.2) is 0 Å². The number of primary amides is 1. The van der Waals surface area contributed by atoms with Crippen molar-refractivity contribution < 1.29 is 9.59 Å². The minimum atomic E-state index is -0.529. The maximum atomic E-state index is 11.4. The number of nitrogens with zero attached hydrogens (tertiary/aromatic N) is 3. The first-order valence-electron chi connectivity index (χ1n) is 5.92. The molecule has 6 nitrogen and oxygen atoms in total. The average Bonchev–Trinajstić information content (AvgIpc) is 2.80. The molecule has 0 spiro atoms. The van der Waals surface area contributed by atoms with Gasteiger partial charge < -0.3 is 10.6 Å². The standard InChI is InChI=1S/C12H18N4O2/c1-8-9(6-17)10(15(3)14-8)16-5-4-12(2,7-16)11(13)18/h6H,4-5,7H2,1-3H3,(H2,13,18). The molecule has 0 radical (unpaired) electrons. The van der Waals surface area contributed by atoms with Gasteiger partial charge in [-0.05, 0) is 20.3 Å². The number of carbonyl (C=O) groups is 2. The summed E-state index contributed by atoms with van der Waals surface area (Å²) in [7, 11) is 1.80. The van der Waals surface area contributed by atoms with Crippen LogP contribution in [-0.4, -0.2) is 35.1 Å². The predicted molar refractivity (Wildman–Crippen MR) is 67.5 cm³/mol. The van der Waals surface area contributed by atoms with Crippen molar-refractivity contribution >= 4 is 18.0 Å². The number of anilines is 1. The zero-order chi connectivity index (χ0) is 13.5. The summed E-state index contributed by atoms with van der Waals surface area (Å²) < 4.78 is 1.69. The highest BCUT2D eigenvalue weighted by molar-refractivity contribution is 5.86. The molecule has 0 aromatic carbocycles. The van der Waals surface area contributed by atoms with Crippen molar-refractivity contribution in [2.75, 3.05) is 18.0 Å². The van der Waals surface area contributed by atoms with E-state index in [-0.39, 0.29) is 5.91 Å². The Morgan fingerprint density at radius 1 is 1.56 bits per heavy atom. The minimum absolute atomic E-state index is 0.295. The molecule has 1 fully saturated rings. The van der Waals surface area contributed by atoms with Gasteiger partial charge in [0.15, 0.2) is 6.29 Å². The number of amides is 1. The van der Waals surface area contributed by atoms with Crippen molar-refractivity contribution in [3.05, 3.63) is 11.3 Å². The third kappa shape index (κ3) is 1.77. The number of nitrogens with two attached hydrogens (primary N) is 1. The van der Waals surface area contributed by atoms with Crippen molar-refractivity contribution in [3.63, 3.8) is 0 Å². The fraction of sp³-hybridized carbons (Fsp3) is 0.583. The summed E-state index contributed by atoms with van der Waals surface area (Å²) in [6, 6.07) is 0. The smallest absolute Gasteiger partial charge is 0.225 e. The second kappa shape index (κ2) is 4.12. The quantitative estimate of drug-likeness (QED) is 0.779. The van der Waals surface area contributed by atoms with Crippen molar-refractivity contribution in [2.24, 2.45) is 18.2 Å². The Labute approximate surface area is 106 Å². The number of aldehydes is 1. The van der Waals surface area contributed by atoms with Crippen LogP contribution in [0.5, 0.6) is 0 Å². The van der Waals surface area contributed by atoms with Gasteiger partial charge in [-0.25, -0.2) is 0 Å². The fourth-order valence-electron chi connectivity index (χ4n) is 2.52. The lowest BCUT2D eigenvalue weighted by Crippen LogP contribution is -2.37. The molecule has 1 aliphatic rings. The van der Waals surface area contributed by atoms with Crippen molar-refractivity contribution in [1.29, 1.82) is 0 Å². The van der Waals surface area contributed by atoms with Crippen molar-refractivity contribution in [3.8, 4) is 0 Å². The number of aryl methyl sites for hydroxylation is 2. The van der Waals surface area contributed by atoms with E-state index in [1.807, 2.05) is 11.8 Å². The molecule has 1 aromatic rings. The molecule has 0 bridgehead atoms. The Balaban J connectivity index is 2.35. The Morgan fingerprint density at radius 3 is 2.72 bits per heavy atom. The van der Waals surface area contributed by atoms with Gasteiger partial charge in [-0.15, -0.1) is 0 Å². The molecule has 1 amide bonds. The molecule has 1 aliphatic heterocycles. The molecule has 2 heterocycles. The summed E-state index contributed by atoms with van der Waals surface area (Å²) in [5, 5.41) is 4.25. The highest BCUT2D eigenvalue weighted by atomic mass is 16.1. The van der Waals surface area contributed by atoms with Crippen molar-refractivity contribution in [1.82, 2.24) is 9.78 Å². The van der Waals surface area contributed by atoms with E-state index in [0.717, 1.165) is 12.1 Å². The maximum absolute atomic E-state index is 11.4. The van der Waals surface area contributed by atoms with Crippen LogP contribution in [0.1, 0.15) is 29.4 Å². The zero-order valence-corrected chi connectivity index (χ0v) is 10.9. The normalized spacial score (nSPS) is 23.4. The molecule has 0 saturated carbocycles. The highest BCUT2D eigenvalue weighted by Crippen LogP contribution is 2.34. The molecule has 1 saturated heterocycles. The number of rotatable bonds is 3. The number of hydrogen-bond acceptors (Lipinski definition) is 4. The van der Waals surface area contributed by atoms with Crippen LogP contribution in [0.3, 0.4) is 0 Å². The second-order valence-corrected chi connectivity index (χ2v) is 5.16. The van der Waals surface area contributed by atoms with E-state index < -0.39 is 5.41 Å². The molecule has 0 aliphatic carbocycles. The Hall–Kier alpha value is -1.85. The van der Waals surface area contributed by atoms with E-state index in [4.69, 9.17) is 5.73 Å². The lowest BCUT2D eigenvalue weighted by molar-refractivity contribution is -0.125. The number of carbonyl (C=O) groups excluding carboxylic acids is 2. The monoisotopic (exact) mass is 250 g/mol. The first-order chi connectivity index (χ1) is 8.39. The van der Waals surface area contributed by atoms with E-state index >= 15 is 0 Å². The number of hydrogen-bond donors (Lipinski definition) is 1. The summed E-state index contributed by atoms with van der Waals surface area (Å²) in [5.74, 6) is 0.476. The molecule has 2 N–H and O–H groups in total. The van der Waals surface area contributed by atoms with Crippen LogP contribution in [-0.2, 0) is 11.8 Å². The van der Waals surface area contributed by atoms with Crippen LogP contribution in [0.4, 0.5) is 5.82 Å². The Bertz CT molecular complexity index is 508. The van der Waals surface area contributed by atoms with E-state index in [1.165, 1.54) is 0 Å². The molecule has 1 aromatic heterocycles. The van der Waals surface area contributed by atoms with E-state index in [2.05, 4.69) is 5.10 Å². The third-order valence-corrected chi connectivity index (χ3v) is 3.72. The van der Waals surface area contributed by atoms with Gasteiger partial charge in [-0.1, -0.05) is 0 Å². The third-order valence-electron chi connectivity index (χ3n) is 3.72. The maximum Gasteiger partial charge on any atom is 0.225 e. The van der Waals surface area contributed by atoms with Gasteiger partial charge in [0.25, 0.3) is 0 Å². The summed E-state index contributed by atoms with van der Waals surface area (Å²) in [5.41, 5.74) is 6.19. The Kier molecular flexibility index (Phi) is 2.88. The van der Waals surface area contributed by atoms with Crippen LogP contribution >= 0.6 is 0 Å². The molecule has 2 rings (SSSR count). The van der Waals surface area contributed by atoms with E-state index in [1.54, 1.807) is 18.7 Å². The summed E-state index contributed by atoms with van der Waals surface area (Å²) in [6.07, 6.45) is 1.52. The van der Waals surface area contributed by atoms with Crippen molar-refractivity contribution in [2.45, 2.75) is 20.3 Å². The predicted octanol–water partition coefficient (Wildman–Crippen LogP) is 0.243. The topological polar surface area (TPSA) is 81.2 Å². The average molecular weight is 250 g/mol. The molecule has 18 heavy (non-hydrogen) atoms. The van der Waals surface area contributed by atoms with Gasteiger partial charge in [-0.2, -0.15) is 5.10 Å². The van der Waals surface area contributed by atoms with Gasteiger partial charge >= 0.3 is 0 Å². The van der Waals surface area contributed by atoms with Gasteiger partial charge in [0, 0.05) is 20.1 Å². The largest absolute Gasteiger partial charge is 0.369 e.